The van der Waals surface area contributed by atoms with Gasteiger partial charge in [0.25, 0.3) is 5.69 Å². The van der Waals surface area contributed by atoms with Crippen LogP contribution < -0.4 is 5.32 Å². The molecule has 0 unspecified atom stereocenters. The number of halogens is 1. The summed E-state index contributed by atoms with van der Waals surface area (Å²) in [5, 5.41) is 14.3. The van der Waals surface area contributed by atoms with Crippen molar-refractivity contribution in [2.24, 2.45) is 0 Å². The number of rotatable bonds is 4. The molecule has 1 N–H and O–H groups in total. The molecule has 1 aliphatic rings. The number of nitro groups is 1. The lowest BCUT2D eigenvalue weighted by atomic mass is 10.1. The van der Waals surface area contributed by atoms with E-state index in [0.29, 0.717) is 12.6 Å². The third-order valence-electron chi connectivity index (χ3n) is 3.16. The van der Waals surface area contributed by atoms with Crippen molar-refractivity contribution in [1.82, 2.24) is 5.32 Å². The third kappa shape index (κ3) is 3.17. The summed E-state index contributed by atoms with van der Waals surface area (Å²) in [6.45, 7) is 0.669. The second-order valence-electron chi connectivity index (χ2n) is 4.41. The van der Waals surface area contributed by atoms with Gasteiger partial charge in [-0.25, -0.2) is 0 Å². The fourth-order valence-corrected chi connectivity index (χ4v) is 2.39. The molecule has 0 radical (unpaired) electrons. The highest BCUT2D eigenvalue weighted by Crippen LogP contribution is 2.25. The fourth-order valence-electron chi connectivity index (χ4n) is 2.20. The predicted molar refractivity (Wildman–Crippen MR) is 67.2 cm³/mol. The minimum absolute atomic E-state index is 0.0163. The first-order valence-electron chi connectivity index (χ1n) is 5.83. The lowest BCUT2D eigenvalue weighted by molar-refractivity contribution is -0.384. The van der Waals surface area contributed by atoms with Crippen LogP contribution in [0.1, 0.15) is 31.2 Å². The first-order chi connectivity index (χ1) is 8.16. The summed E-state index contributed by atoms with van der Waals surface area (Å²) in [4.78, 5) is 10.3. The van der Waals surface area contributed by atoms with Crippen molar-refractivity contribution in [1.29, 1.82) is 0 Å². The van der Waals surface area contributed by atoms with Crippen LogP contribution in [0.15, 0.2) is 18.2 Å². The SMILES string of the molecule is O=[N+]([O-])c1cc(CNC2CCCC2)ccc1Cl. The smallest absolute Gasteiger partial charge is 0.288 e. The predicted octanol–water partition coefficient (Wildman–Crippen LogP) is 3.28. The largest absolute Gasteiger partial charge is 0.310 e. The van der Waals surface area contributed by atoms with E-state index in [0.717, 1.165) is 5.56 Å². The van der Waals surface area contributed by atoms with Crippen molar-refractivity contribution < 1.29 is 4.92 Å². The summed E-state index contributed by atoms with van der Waals surface area (Å²) in [6, 6.07) is 5.53. The Bertz CT molecular complexity index is 417. The number of hydrogen-bond donors (Lipinski definition) is 1. The van der Waals surface area contributed by atoms with Crippen LogP contribution in [-0.2, 0) is 6.54 Å². The van der Waals surface area contributed by atoms with Crippen LogP contribution in [0.2, 0.25) is 5.02 Å². The van der Waals surface area contributed by atoms with Gasteiger partial charge in [-0.3, -0.25) is 10.1 Å². The van der Waals surface area contributed by atoms with Crippen molar-refractivity contribution in [3.8, 4) is 0 Å². The Balaban J connectivity index is 2.00. The molecule has 1 aromatic carbocycles. The Morgan fingerprint density at radius 2 is 2.12 bits per heavy atom. The van der Waals surface area contributed by atoms with E-state index in [4.69, 9.17) is 11.6 Å². The Hall–Kier alpha value is -1.13. The highest BCUT2D eigenvalue weighted by Gasteiger charge is 2.16. The van der Waals surface area contributed by atoms with E-state index in [2.05, 4.69) is 5.32 Å². The number of nitrogens with one attached hydrogen (secondary N) is 1. The Morgan fingerprint density at radius 1 is 1.41 bits per heavy atom. The Kier molecular flexibility index (Phi) is 3.97. The average molecular weight is 255 g/mol. The first kappa shape index (κ1) is 12.3. The first-order valence-corrected chi connectivity index (χ1v) is 6.21. The molecule has 1 aliphatic carbocycles. The van der Waals surface area contributed by atoms with Crippen LogP contribution in [0, 0.1) is 10.1 Å². The molecular weight excluding hydrogens is 240 g/mol. The van der Waals surface area contributed by atoms with Crippen molar-refractivity contribution >= 4 is 17.3 Å². The van der Waals surface area contributed by atoms with E-state index in [9.17, 15) is 10.1 Å². The molecule has 0 heterocycles. The van der Waals surface area contributed by atoms with Gasteiger partial charge in [-0.1, -0.05) is 30.5 Å². The quantitative estimate of drug-likeness (QED) is 0.663. The molecule has 0 bridgehead atoms. The zero-order chi connectivity index (χ0) is 12.3. The van der Waals surface area contributed by atoms with Crippen LogP contribution >= 0.6 is 11.6 Å². The molecule has 1 fully saturated rings. The van der Waals surface area contributed by atoms with Crippen LogP contribution in [0.4, 0.5) is 5.69 Å². The van der Waals surface area contributed by atoms with E-state index >= 15 is 0 Å². The molecule has 1 aromatic rings. The van der Waals surface area contributed by atoms with Gasteiger partial charge in [-0.2, -0.15) is 0 Å². The van der Waals surface area contributed by atoms with E-state index in [1.54, 1.807) is 12.1 Å². The molecule has 0 atom stereocenters. The van der Waals surface area contributed by atoms with Gasteiger partial charge in [-0.15, -0.1) is 0 Å². The zero-order valence-electron chi connectivity index (χ0n) is 9.49. The molecule has 1 saturated carbocycles. The summed E-state index contributed by atoms with van der Waals surface area (Å²) < 4.78 is 0. The number of hydrogen-bond acceptors (Lipinski definition) is 3. The van der Waals surface area contributed by atoms with E-state index < -0.39 is 4.92 Å². The number of nitrogens with zero attached hydrogens (tertiary/aromatic N) is 1. The molecule has 0 aliphatic heterocycles. The zero-order valence-corrected chi connectivity index (χ0v) is 10.2. The van der Waals surface area contributed by atoms with Gasteiger partial charge >= 0.3 is 0 Å². The average Bonchev–Trinajstić information content (AvgIpc) is 2.80. The van der Waals surface area contributed by atoms with Gasteiger partial charge in [0, 0.05) is 18.7 Å². The van der Waals surface area contributed by atoms with Gasteiger partial charge in [-0.05, 0) is 24.5 Å². The molecule has 0 aromatic heterocycles. The number of nitro benzene ring substituents is 1. The molecule has 0 spiro atoms. The highest BCUT2D eigenvalue weighted by molar-refractivity contribution is 6.32. The molecule has 92 valence electrons. The van der Waals surface area contributed by atoms with Crippen LogP contribution in [0.25, 0.3) is 0 Å². The summed E-state index contributed by atoms with van der Waals surface area (Å²) in [5.74, 6) is 0. The van der Waals surface area contributed by atoms with Crippen LogP contribution in [0.3, 0.4) is 0 Å². The molecule has 4 nitrogen and oxygen atoms in total. The van der Waals surface area contributed by atoms with Crippen LogP contribution in [-0.4, -0.2) is 11.0 Å². The maximum absolute atomic E-state index is 10.7. The lowest BCUT2D eigenvalue weighted by Crippen LogP contribution is -2.25. The summed E-state index contributed by atoms with van der Waals surface area (Å²) in [7, 11) is 0. The van der Waals surface area contributed by atoms with Crippen molar-refractivity contribution in [2.45, 2.75) is 38.3 Å². The van der Waals surface area contributed by atoms with Gasteiger partial charge in [0.2, 0.25) is 0 Å². The number of benzene rings is 1. The summed E-state index contributed by atoms with van der Waals surface area (Å²) in [6.07, 6.45) is 4.96. The maximum atomic E-state index is 10.7. The van der Waals surface area contributed by atoms with Crippen LogP contribution in [0.5, 0.6) is 0 Å². The van der Waals surface area contributed by atoms with Crippen molar-refractivity contribution in [2.75, 3.05) is 0 Å². The highest BCUT2D eigenvalue weighted by atomic mass is 35.5. The minimum atomic E-state index is -0.443. The van der Waals surface area contributed by atoms with E-state index in [-0.39, 0.29) is 10.7 Å². The topological polar surface area (TPSA) is 55.2 Å². The van der Waals surface area contributed by atoms with Gasteiger partial charge in [0.15, 0.2) is 0 Å². The molecular formula is C12H15ClN2O2. The van der Waals surface area contributed by atoms with Gasteiger partial charge in [0.1, 0.15) is 5.02 Å². The Labute approximate surface area is 105 Å². The van der Waals surface area contributed by atoms with Gasteiger partial charge < -0.3 is 5.32 Å². The normalized spacial score (nSPS) is 16.3. The van der Waals surface area contributed by atoms with Gasteiger partial charge in [0.05, 0.1) is 4.92 Å². The monoisotopic (exact) mass is 254 g/mol. The fraction of sp³-hybridized carbons (Fsp3) is 0.500. The lowest BCUT2D eigenvalue weighted by Gasteiger charge is -2.11. The molecule has 2 rings (SSSR count). The second kappa shape index (κ2) is 5.47. The summed E-state index contributed by atoms with van der Waals surface area (Å²) >= 11 is 5.76. The molecule has 17 heavy (non-hydrogen) atoms. The molecule has 0 saturated heterocycles. The Morgan fingerprint density at radius 3 is 2.76 bits per heavy atom. The van der Waals surface area contributed by atoms with E-state index in [1.165, 1.54) is 25.7 Å². The third-order valence-corrected chi connectivity index (χ3v) is 3.48. The maximum Gasteiger partial charge on any atom is 0.288 e. The standard InChI is InChI=1S/C12H15ClN2O2/c13-11-6-5-9(7-12(11)15(16)17)8-14-10-3-1-2-4-10/h5-7,10,14H,1-4,8H2. The minimum Gasteiger partial charge on any atom is -0.310 e. The second-order valence-corrected chi connectivity index (χ2v) is 4.81. The molecule has 5 heteroatoms. The van der Waals surface area contributed by atoms with E-state index in [1.807, 2.05) is 6.07 Å². The van der Waals surface area contributed by atoms with Crippen molar-refractivity contribution in [3.05, 3.63) is 38.9 Å². The van der Waals surface area contributed by atoms with Crippen molar-refractivity contribution in [3.63, 3.8) is 0 Å². The summed E-state index contributed by atoms with van der Waals surface area (Å²) in [5.41, 5.74) is 0.894. The molecule has 0 amide bonds.